The molecule has 1 amide bonds. The minimum absolute atomic E-state index is 0.297. The van der Waals surface area contributed by atoms with Crippen molar-refractivity contribution in [2.75, 3.05) is 6.54 Å². The number of hydrogen-bond donors (Lipinski definition) is 3. The molecule has 2 aromatic carbocycles. The van der Waals surface area contributed by atoms with Gasteiger partial charge in [-0.15, -0.1) is 0 Å². The van der Waals surface area contributed by atoms with Crippen LogP contribution in [0.5, 0.6) is 0 Å². The summed E-state index contributed by atoms with van der Waals surface area (Å²) >= 11 is 0. The molecule has 0 heterocycles. The highest BCUT2D eigenvalue weighted by Crippen LogP contribution is 2.16. The first-order valence-corrected chi connectivity index (χ1v) is 8.20. The lowest BCUT2D eigenvalue weighted by molar-refractivity contribution is -0.119. The van der Waals surface area contributed by atoms with E-state index in [1.165, 1.54) is 5.56 Å². The molecule has 2 atom stereocenters. The maximum Gasteiger partial charge on any atom is 0.224 e. The van der Waals surface area contributed by atoms with Gasteiger partial charge in [-0.05, 0) is 36.5 Å². The molecule has 0 aliphatic carbocycles. The van der Waals surface area contributed by atoms with E-state index in [0.29, 0.717) is 13.1 Å². The molecule has 1 unspecified atom stereocenters. The molecule has 0 aliphatic rings. The number of nitrogens with one attached hydrogen (secondary N) is 1. The average molecular weight is 325 g/mol. The molecule has 4 nitrogen and oxygen atoms in total. The van der Waals surface area contributed by atoms with Gasteiger partial charge in [0.05, 0.1) is 12.0 Å². The molecule has 24 heavy (non-hydrogen) atoms. The number of rotatable bonds is 9. The van der Waals surface area contributed by atoms with Gasteiger partial charge in [0.2, 0.25) is 5.91 Å². The Bertz CT molecular complexity index is 643. The normalized spacial score (nSPS) is 13.4. The monoisotopic (exact) mass is 325 g/mol. The summed E-state index contributed by atoms with van der Waals surface area (Å²) in [5, 5.41) is 13.3. The van der Waals surface area contributed by atoms with Gasteiger partial charge in [-0.1, -0.05) is 54.6 Å². The Morgan fingerprint density at radius 1 is 1.17 bits per heavy atom. The maximum atomic E-state index is 11.3. The molecule has 0 saturated heterocycles. The summed E-state index contributed by atoms with van der Waals surface area (Å²) in [6.45, 7) is 2.93. The zero-order chi connectivity index (χ0) is 17.4. The van der Waals surface area contributed by atoms with Crippen LogP contribution < -0.4 is 11.1 Å². The second-order valence-electron chi connectivity index (χ2n) is 5.99. The van der Waals surface area contributed by atoms with Crippen molar-refractivity contribution in [2.24, 2.45) is 5.73 Å². The quantitative estimate of drug-likeness (QED) is 0.661. The van der Waals surface area contributed by atoms with Crippen LogP contribution in [0.15, 0.2) is 54.6 Å². The largest absolute Gasteiger partial charge is 0.391 e. The van der Waals surface area contributed by atoms with Gasteiger partial charge in [-0.3, -0.25) is 4.79 Å². The first kappa shape index (κ1) is 18.2. The molecule has 0 aliphatic heterocycles. The molecule has 2 aromatic rings. The van der Waals surface area contributed by atoms with Gasteiger partial charge in [0, 0.05) is 13.1 Å². The van der Waals surface area contributed by atoms with E-state index < -0.39 is 6.10 Å². The van der Waals surface area contributed by atoms with Gasteiger partial charge in [0.25, 0.3) is 0 Å². The van der Waals surface area contributed by atoms with Gasteiger partial charge >= 0.3 is 0 Å². The Labute approximate surface area is 143 Å². The standard InChI is InChI=1S/C20H25N2O2/c1-15(20(21)24)18-9-5-8-17(12-18)13-22-14-19(23)11-10-16-6-3-2-4-7-16/h2-9,11-12,15,19,22-23H,10,13-14H2,1H3,(H2,21,24)/t15?,19-/m1/s1. The molecular weight excluding hydrogens is 300 g/mol. The Hall–Kier alpha value is -2.17. The van der Waals surface area contributed by atoms with Gasteiger partial charge < -0.3 is 16.2 Å². The number of hydrogen-bond acceptors (Lipinski definition) is 3. The van der Waals surface area contributed by atoms with Gasteiger partial charge in [0.15, 0.2) is 0 Å². The van der Waals surface area contributed by atoms with Crippen LogP contribution in [0.2, 0.25) is 0 Å². The third-order valence-electron chi connectivity index (χ3n) is 4.03. The highest BCUT2D eigenvalue weighted by atomic mass is 16.3. The molecule has 0 fully saturated rings. The maximum absolute atomic E-state index is 11.3. The Balaban J connectivity index is 1.75. The minimum Gasteiger partial charge on any atom is -0.391 e. The van der Waals surface area contributed by atoms with Crippen LogP contribution >= 0.6 is 0 Å². The molecule has 2 rings (SSSR count). The van der Waals surface area contributed by atoms with E-state index in [1.807, 2.05) is 61.0 Å². The van der Waals surface area contributed by atoms with Crippen LogP contribution in [0, 0.1) is 6.42 Å². The Kier molecular flexibility index (Phi) is 6.97. The van der Waals surface area contributed by atoms with Crippen LogP contribution in [0.25, 0.3) is 0 Å². The zero-order valence-electron chi connectivity index (χ0n) is 14.0. The van der Waals surface area contributed by atoms with Crippen LogP contribution in [0.1, 0.15) is 29.5 Å². The molecule has 4 heteroatoms. The minimum atomic E-state index is -0.502. The fourth-order valence-corrected chi connectivity index (χ4v) is 2.47. The molecule has 0 saturated carbocycles. The van der Waals surface area contributed by atoms with E-state index in [2.05, 4.69) is 5.32 Å². The van der Waals surface area contributed by atoms with E-state index in [-0.39, 0.29) is 11.8 Å². The van der Waals surface area contributed by atoms with Crippen molar-refractivity contribution in [3.8, 4) is 0 Å². The summed E-state index contributed by atoms with van der Waals surface area (Å²) in [6, 6.07) is 17.8. The van der Waals surface area contributed by atoms with E-state index in [9.17, 15) is 9.90 Å². The van der Waals surface area contributed by atoms with Crippen molar-refractivity contribution < 1.29 is 9.90 Å². The van der Waals surface area contributed by atoms with E-state index in [0.717, 1.165) is 17.5 Å². The van der Waals surface area contributed by atoms with Crippen molar-refractivity contribution in [2.45, 2.75) is 31.9 Å². The van der Waals surface area contributed by atoms with Gasteiger partial charge in [-0.25, -0.2) is 0 Å². The first-order valence-electron chi connectivity index (χ1n) is 8.20. The number of aliphatic hydroxyl groups is 1. The number of amides is 1. The number of aliphatic hydroxyl groups excluding tert-OH is 1. The molecule has 0 spiro atoms. The highest BCUT2D eigenvalue weighted by molar-refractivity contribution is 5.81. The Morgan fingerprint density at radius 2 is 1.88 bits per heavy atom. The van der Waals surface area contributed by atoms with Crippen LogP contribution in [-0.4, -0.2) is 23.7 Å². The molecule has 0 aromatic heterocycles. The second kappa shape index (κ2) is 9.21. The number of carbonyl (C=O) groups excluding carboxylic acids is 1. The third kappa shape index (κ3) is 5.80. The van der Waals surface area contributed by atoms with Crippen molar-refractivity contribution in [1.29, 1.82) is 0 Å². The van der Waals surface area contributed by atoms with E-state index in [1.54, 1.807) is 6.92 Å². The number of carbonyl (C=O) groups is 1. The van der Waals surface area contributed by atoms with Crippen molar-refractivity contribution in [3.63, 3.8) is 0 Å². The summed E-state index contributed by atoms with van der Waals surface area (Å²) < 4.78 is 0. The number of benzene rings is 2. The smallest absolute Gasteiger partial charge is 0.224 e. The lowest BCUT2D eigenvalue weighted by Gasteiger charge is -2.13. The van der Waals surface area contributed by atoms with Crippen molar-refractivity contribution in [3.05, 3.63) is 77.7 Å². The molecule has 4 N–H and O–H groups in total. The number of primary amides is 1. The van der Waals surface area contributed by atoms with Gasteiger partial charge in [0.1, 0.15) is 0 Å². The fraction of sp³-hybridized carbons (Fsp3) is 0.300. The van der Waals surface area contributed by atoms with Gasteiger partial charge in [-0.2, -0.15) is 0 Å². The molecule has 127 valence electrons. The van der Waals surface area contributed by atoms with Crippen LogP contribution in [0.4, 0.5) is 0 Å². The summed E-state index contributed by atoms with van der Waals surface area (Å²) in [5.41, 5.74) is 8.51. The lowest BCUT2D eigenvalue weighted by Crippen LogP contribution is -2.27. The summed E-state index contributed by atoms with van der Waals surface area (Å²) in [7, 11) is 0. The van der Waals surface area contributed by atoms with Crippen molar-refractivity contribution in [1.82, 2.24) is 5.32 Å². The predicted octanol–water partition coefficient (Wildman–Crippen LogP) is 2.17. The van der Waals surface area contributed by atoms with Crippen LogP contribution in [0.3, 0.4) is 0 Å². The fourth-order valence-electron chi connectivity index (χ4n) is 2.47. The number of nitrogens with two attached hydrogens (primary N) is 1. The molecular formula is C20H25N2O2. The first-order chi connectivity index (χ1) is 11.6. The highest BCUT2D eigenvalue weighted by Gasteiger charge is 2.11. The third-order valence-corrected chi connectivity index (χ3v) is 4.03. The zero-order valence-corrected chi connectivity index (χ0v) is 14.0. The van der Waals surface area contributed by atoms with E-state index >= 15 is 0 Å². The molecule has 1 radical (unpaired) electrons. The lowest BCUT2D eigenvalue weighted by atomic mass is 9.98. The summed E-state index contributed by atoms with van der Waals surface area (Å²) in [6.07, 6.45) is 2.14. The SMILES string of the molecule is CC(C(N)=O)c1cccc(CNC[C@H](O)[CH]Cc2ccccc2)c1. The summed E-state index contributed by atoms with van der Waals surface area (Å²) in [4.78, 5) is 11.3. The molecule has 0 bridgehead atoms. The van der Waals surface area contributed by atoms with Crippen LogP contribution in [-0.2, 0) is 17.8 Å². The topological polar surface area (TPSA) is 75.4 Å². The van der Waals surface area contributed by atoms with E-state index in [4.69, 9.17) is 5.73 Å². The average Bonchev–Trinajstić information content (AvgIpc) is 2.60. The Morgan fingerprint density at radius 3 is 2.58 bits per heavy atom. The predicted molar refractivity (Wildman–Crippen MR) is 96.2 cm³/mol. The summed E-state index contributed by atoms with van der Waals surface area (Å²) in [5.74, 6) is -0.624. The second-order valence-corrected chi connectivity index (χ2v) is 5.99. The van der Waals surface area contributed by atoms with Crippen molar-refractivity contribution >= 4 is 5.91 Å².